The van der Waals surface area contributed by atoms with Crippen LogP contribution in [-0.2, 0) is 33.6 Å². The molecule has 0 saturated heterocycles. The Bertz CT molecular complexity index is 1280. The van der Waals surface area contributed by atoms with Gasteiger partial charge >= 0.3 is 0 Å². The van der Waals surface area contributed by atoms with E-state index in [0.29, 0.717) is 30.7 Å². The quantitative estimate of drug-likeness (QED) is 0.339. The fourth-order valence-corrected chi connectivity index (χ4v) is 6.66. The lowest BCUT2D eigenvalue weighted by molar-refractivity contribution is -0.153. The number of Topliss-reactive ketones (excluding diaryl/α,β-unsaturated/α-hetero) is 2. The van der Waals surface area contributed by atoms with Crippen LogP contribution >= 0.6 is 0 Å². The molecule has 3 aliphatic rings. The van der Waals surface area contributed by atoms with Gasteiger partial charge in [0.05, 0.1) is 11.6 Å². The van der Waals surface area contributed by atoms with Crippen molar-refractivity contribution < 1.29 is 34.8 Å². The molecule has 1 saturated carbocycles. The Kier molecular flexibility index (Phi) is 7.22. The largest absolute Gasteiger partial charge is 0.508 e. The monoisotopic (exact) mass is 526 g/mol. The summed E-state index contributed by atoms with van der Waals surface area (Å²) in [5, 5.41) is 45.4. The number of likely N-dealkylation sites (N-methyl/N-ethyl adjacent to an activating group) is 1. The fraction of sp³-hybridized carbons (Fsp3) is 0.552. The first kappa shape index (κ1) is 27.9. The molecule has 0 heterocycles. The number of primary amides is 1. The summed E-state index contributed by atoms with van der Waals surface area (Å²) in [5.41, 5.74) is 4.38. The van der Waals surface area contributed by atoms with Gasteiger partial charge in [0.15, 0.2) is 11.4 Å². The number of phenolic OH excluding ortho intramolecular Hbond substituents is 1. The Morgan fingerprint density at radius 2 is 1.84 bits per heavy atom. The molecule has 1 aromatic rings. The van der Waals surface area contributed by atoms with Crippen molar-refractivity contribution in [3.63, 3.8) is 0 Å². The number of phenols is 1. The van der Waals surface area contributed by atoms with Crippen molar-refractivity contribution in [1.29, 1.82) is 0 Å². The minimum Gasteiger partial charge on any atom is -0.508 e. The minimum atomic E-state index is -2.62. The normalized spacial score (nSPS) is 27.1. The number of amides is 1. The average Bonchev–Trinajstić information content (AvgIpc) is 2.82. The Hall–Kier alpha value is -3.17. The SMILES string of the molecule is CCc1cc(CCCC(C)C)c(O)c2c1C[C@H]1C[C@@H]3[C@H](N(C)C)C(=O)C(C(N)=O)=C(O)[C@@]3(O)C(=O)C1=C2O. The van der Waals surface area contributed by atoms with Gasteiger partial charge in [-0.25, -0.2) is 0 Å². The van der Waals surface area contributed by atoms with E-state index in [9.17, 15) is 34.8 Å². The highest BCUT2D eigenvalue weighted by Crippen LogP contribution is 2.53. The second-order valence-corrected chi connectivity index (χ2v) is 11.5. The van der Waals surface area contributed by atoms with Gasteiger partial charge in [-0.05, 0) is 74.7 Å². The maximum atomic E-state index is 14.0. The number of nitrogens with zero attached hydrogens (tertiary/aromatic N) is 1. The lowest BCUT2D eigenvalue weighted by Gasteiger charge is -2.50. The first-order valence-electron chi connectivity index (χ1n) is 13.3. The first-order valence-corrected chi connectivity index (χ1v) is 13.3. The molecule has 0 spiro atoms. The summed E-state index contributed by atoms with van der Waals surface area (Å²) in [5.74, 6) is -5.71. The van der Waals surface area contributed by atoms with Crippen LogP contribution in [0.15, 0.2) is 23.0 Å². The molecule has 4 atom stereocenters. The molecule has 0 unspecified atom stereocenters. The number of rotatable bonds is 7. The standard InChI is InChI=1S/C29H38N2O7/c1-6-14-10-15(9-7-8-13(2)3)23(32)20-17(14)11-16-12-18-22(31(4)5)25(34)21(28(30)37)27(36)29(18,38)26(35)19(16)24(20)33/h10,13,16,18,22,32-33,36,38H,6-9,11-12H2,1-5H3,(H2,30,37)/t16-,18+,22-,29-/m0/s1. The van der Waals surface area contributed by atoms with Crippen LogP contribution in [0.4, 0.5) is 0 Å². The number of nitrogens with two attached hydrogens (primary N) is 1. The molecular weight excluding hydrogens is 488 g/mol. The van der Waals surface area contributed by atoms with Gasteiger partial charge < -0.3 is 26.2 Å². The highest BCUT2D eigenvalue weighted by atomic mass is 16.3. The molecule has 206 valence electrons. The van der Waals surface area contributed by atoms with Gasteiger partial charge in [-0.3, -0.25) is 19.3 Å². The minimum absolute atomic E-state index is 0.0890. The highest BCUT2D eigenvalue weighted by Gasteiger charge is 2.64. The Morgan fingerprint density at radius 1 is 1.18 bits per heavy atom. The predicted octanol–water partition coefficient (Wildman–Crippen LogP) is 2.51. The number of aliphatic hydroxyl groups excluding tert-OH is 2. The molecule has 0 radical (unpaired) electrons. The molecule has 1 aromatic carbocycles. The molecule has 9 nitrogen and oxygen atoms in total. The van der Waals surface area contributed by atoms with Crippen LogP contribution in [-0.4, -0.2) is 68.5 Å². The predicted molar refractivity (Wildman–Crippen MR) is 141 cm³/mol. The molecule has 38 heavy (non-hydrogen) atoms. The van der Waals surface area contributed by atoms with Crippen LogP contribution in [0, 0.1) is 17.8 Å². The summed E-state index contributed by atoms with van der Waals surface area (Å²) in [4.78, 5) is 40.7. The first-order chi connectivity index (χ1) is 17.8. The molecule has 0 bridgehead atoms. The lowest BCUT2D eigenvalue weighted by atomic mass is 9.57. The van der Waals surface area contributed by atoms with Crippen molar-refractivity contribution in [1.82, 2.24) is 4.90 Å². The summed E-state index contributed by atoms with van der Waals surface area (Å²) < 4.78 is 0. The average molecular weight is 527 g/mol. The second kappa shape index (κ2) is 9.85. The Balaban J connectivity index is 1.91. The van der Waals surface area contributed by atoms with Gasteiger partial charge in [0.2, 0.25) is 5.78 Å². The number of carbonyl (C=O) groups is 3. The number of carbonyl (C=O) groups excluding carboxylic acids is 3. The van der Waals surface area contributed by atoms with E-state index in [4.69, 9.17) is 5.73 Å². The smallest absolute Gasteiger partial charge is 0.255 e. The number of fused-ring (bicyclic) bond motifs is 3. The highest BCUT2D eigenvalue weighted by molar-refractivity contribution is 6.24. The van der Waals surface area contributed by atoms with Gasteiger partial charge in [-0.15, -0.1) is 0 Å². The molecule has 1 fully saturated rings. The molecular formula is C29H38N2O7. The van der Waals surface area contributed by atoms with E-state index in [2.05, 4.69) is 13.8 Å². The van der Waals surface area contributed by atoms with E-state index < -0.39 is 58.0 Å². The molecule has 0 aromatic heterocycles. The molecule has 6 N–H and O–H groups in total. The van der Waals surface area contributed by atoms with Crippen molar-refractivity contribution in [2.45, 2.75) is 70.9 Å². The number of benzene rings is 1. The number of aromatic hydroxyl groups is 1. The summed E-state index contributed by atoms with van der Waals surface area (Å²) >= 11 is 0. The van der Waals surface area contributed by atoms with Crippen LogP contribution in [0.5, 0.6) is 5.75 Å². The van der Waals surface area contributed by atoms with Crippen LogP contribution in [0.1, 0.15) is 62.3 Å². The van der Waals surface area contributed by atoms with Crippen LogP contribution in [0.3, 0.4) is 0 Å². The fourth-order valence-electron chi connectivity index (χ4n) is 6.66. The van der Waals surface area contributed by atoms with Crippen molar-refractivity contribution in [2.24, 2.45) is 23.5 Å². The zero-order valence-electron chi connectivity index (χ0n) is 22.7. The van der Waals surface area contributed by atoms with Crippen molar-refractivity contribution >= 4 is 23.2 Å². The summed E-state index contributed by atoms with van der Waals surface area (Å²) in [6.07, 6.45) is 3.49. The molecule has 9 heteroatoms. The molecule has 1 amide bonds. The number of ketones is 2. The van der Waals surface area contributed by atoms with Crippen molar-refractivity contribution in [2.75, 3.05) is 14.1 Å². The van der Waals surface area contributed by atoms with Gasteiger partial charge in [0, 0.05) is 11.5 Å². The molecule has 0 aliphatic heterocycles. The number of aryl methyl sites for hydroxylation is 2. The number of hydrogen-bond donors (Lipinski definition) is 5. The third-order valence-corrected chi connectivity index (χ3v) is 8.50. The van der Waals surface area contributed by atoms with E-state index in [1.165, 1.54) is 4.90 Å². The van der Waals surface area contributed by atoms with E-state index in [1.54, 1.807) is 14.1 Å². The third kappa shape index (κ3) is 4.03. The number of hydrogen-bond acceptors (Lipinski definition) is 8. The lowest BCUT2D eigenvalue weighted by Crippen LogP contribution is -2.65. The summed E-state index contributed by atoms with van der Waals surface area (Å²) in [6, 6.07) is 0.878. The zero-order valence-corrected chi connectivity index (χ0v) is 22.7. The molecule has 4 rings (SSSR count). The third-order valence-electron chi connectivity index (χ3n) is 8.50. The van der Waals surface area contributed by atoms with Gasteiger partial charge in [0.25, 0.3) is 5.91 Å². The summed E-state index contributed by atoms with van der Waals surface area (Å²) in [7, 11) is 3.17. The van der Waals surface area contributed by atoms with E-state index >= 15 is 0 Å². The van der Waals surface area contributed by atoms with Crippen molar-refractivity contribution in [3.8, 4) is 5.75 Å². The molecule has 3 aliphatic carbocycles. The second-order valence-electron chi connectivity index (χ2n) is 11.5. The number of aliphatic hydroxyl groups is 3. The topological polar surface area (TPSA) is 161 Å². The van der Waals surface area contributed by atoms with Crippen LogP contribution in [0.25, 0.3) is 5.76 Å². The van der Waals surface area contributed by atoms with Crippen molar-refractivity contribution in [3.05, 3.63) is 45.2 Å². The van der Waals surface area contributed by atoms with Gasteiger partial charge in [-0.1, -0.05) is 33.3 Å². The Morgan fingerprint density at radius 3 is 2.39 bits per heavy atom. The van der Waals surface area contributed by atoms with E-state index in [-0.39, 0.29) is 23.3 Å². The van der Waals surface area contributed by atoms with Crippen LogP contribution in [0.2, 0.25) is 0 Å². The van der Waals surface area contributed by atoms with Gasteiger partial charge in [0.1, 0.15) is 22.8 Å². The Labute approximate surface area is 222 Å². The maximum absolute atomic E-state index is 14.0. The zero-order chi connectivity index (χ0) is 28.3. The summed E-state index contributed by atoms with van der Waals surface area (Å²) in [6.45, 7) is 6.24. The van der Waals surface area contributed by atoms with Crippen LogP contribution < -0.4 is 5.73 Å². The van der Waals surface area contributed by atoms with Gasteiger partial charge in [-0.2, -0.15) is 0 Å². The van der Waals surface area contributed by atoms with E-state index in [1.807, 2.05) is 13.0 Å². The van der Waals surface area contributed by atoms with E-state index in [0.717, 1.165) is 24.0 Å². The maximum Gasteiger partial charge on any atom is 0.255 e.